The fourth-order valence-corrected chi connectivity index (χ4v) is 2.68. The number of para-hydroxylation sites is 1. The Kier molecular flexibility index (Phi) is 3.74. The zero-order chi connectivity index (χ0) is 16.4. The minimum atomic E-state index is -0.135. The molecule has 4 rings (SSSR count). The van der Waals surface area contributed by atoms with Crippen LogP contribution in [0.4, 0.5) is 0 Å². The van der Waals surface area contributed by atoms with Crippen LogP contribution in [0.1, 0.15) is 28.0 Å². The lowest BCUT2D eigenvalue weighted by atomic mass is 10.1. The first kappa shape index (κ1) is 14.5. The van der Waals surface area contributed by atoms with Gasteiger partial charge in [0.1, 0.15) is 11.5 Å². The zero-order valence-corrected chi connectivity index (χ0v) is 12.9. The molecule has 0 atom stereocenters. The van der Waals surface area contributed by atoms with Crippen LogP contribution in [0.15, 0.2) is 47.1 Å². The standard InChI is InChI=1S/C17H16N4O3/c22-17(16-18-7-8-19-16)21-9-6-13-14(10-21)24-15(20-13)11-23-12-4-2-1-3-5-12/h1-5,7-8H,6,9-11H2,(H,18,19). The van der Waals surface area contributed by atoms with E-state index in [1.54, 1.807) is 17.3 Å². The number of nitrogens with zero attached hydrogens (tertiary/aromatic N) is 3. The highest BCUT2D eigenvalue weighted by Gasteiger charge is 2.27. The normalized spacial score (nSPS) is 13.6. The monoisotopic (exact) mass is 324 g/mol. The molecule has 1 amide bonds. The fraction of sp³-hybridized carbons (Fsp3) is 0.235. The molecule has 0 unspecified atom stereocenters. The maximum Gasteiger partial charge on any atom is 0.290 e. The minimum absolute atomic E-state index is 0.135. The Hall–Kier alpha value is -3.09. The van der Waals surface area contributed by atoms with E-state index in [2.05, 4.69) is 15.0 Å². The predicted octanol–water partition coefficient (Wildman–Crippen LogP) is 2.18. The van der Waals surface area contributed by atoms with E-state index in [-0.39, 0.29) is 12.5 Å². The molecule has 1 aliphatic rings. The van der Waals surface area contributed by atoms with E-state index in [1.165, 1.54) is 0 Å². The van der Waals surface area contributed by atoms with Crippen molar-refractivity contribution in [2.45, 2.75) is 19.6 Å². The van der Waals surface area contributed by atoms with E-state index in [9.17, 15) is 4.79 Å². The molecule has 0 saturated heterocycles. The highest BCUT2D eigenvalue weighted by molar-refractivity contribution is 5.90. The third-order valence-electron chi connectivity index (χ3n) is 3.87. The molecule has 0 bridgehead atoms. The van der Waals surface area contributed by atoms with Gasteiger partial charge in [-0.2, -0.15) is 0 Å². The molecule has 0 radical (unpaired) electrons. The summed E-state index contributed by atoms with van der Waals surface area (Å²) in [6, 6.07) is 9.52. The van der Waals surface area contributed by atoms with Crippen molar-refractivity contribution in [2.24, 2.45) is 0 Å². The van der Waals surface area contributed by atoms with E-state index in [0.717, 1.165) is 11.4 Å². The summed E-state index contributed by atoms with van der Waals surface area (Å²) in [6.07, 6.45) is 3.86. The number of ether oxygens (including phenoxy) is 1. The van der Waals surface area contributed by atoms with E-state index in [4.69, 9.17) is 9.15 Å². The van der Waals surface area contributed by atoms with Crippen molar-refractivity contribution in [3.8, 4) is 5.75 Å². The number of imidazole rings is 1. The van der Waals surface area contributed by atoms with Crippen LogP contribution in [0.2, 0.25) is 0 Å². The second-order valence-electron chi connectivity index (χ2n) is 5.49. The number of amides is 1. The number of nitrogens with one attached hydrogen (secondary N) is 1. The van der Waals surface area contributed by atoms with Crippen LogP contribution in [0.5, 0.6) is 5.75 Å². The van der Waals surface area contributed by atoms with Gasteiger partial charge in [0.25, 0.3) is 5.91 Å². The molecule has 24 heavy (non-hydrogen) atoms. The number of aromatic amines is 1. The number of hydrogen-bond acceptors (Lipinski definition) is 5. The number of H-pyrrole nitrogens is 1. The zero-order valence-electron chi connectivity index (χ0n) is 12.9. The van der Waals surface area contributed by atoms with Gasteiger partial charge in [0.2, 0.25) is 5.89 Å². The molecule has 0 spiro atoms. The average molecular weight is 324 g/mol. The number of fused-ring (bicyclic) bond motifs is 1. The SMILES string of the molecule is O=C(c1ncc[nH]1)N1CCc2nc(COc3ccccc3)oc2C1. The number of oxazole rings is 1. The number of aromatic nitrogens is 3. The molecule has 7 heteroatoms. The number of hydrogen-bond donors (Lipinski definition) is 1. The molecule has 3 aromatic rings. The molecule has 1 N–H and O–H groups in total. The molecular weight excluding hydrogens is 308 g/mol. The Morgan fingerprint density at radius 1 is 1.33 bits per heavy atom. The number of benzene rings is 1. The van der Waals surface area contributed by atoms with Crippen LogP contribution in [0.3, 0.4) is 0 Å². The summed E-state index contributed by atoms with van der Waals surface area (Å²) < 4.78 is 11.4. The molecule has 0 saturated carbocycles. The summed E-state index contributed by atoms with van der Waals surface area (Å²) >= 11 is 0. The molecule has 3 heterocycles. The Morgan fingerprint density at radius 2 is 2.21 bits per heavy atom. The Morgan fingerprint density at radius 3 is 3.00 bits per heavy atom. The molecule has 2 aromatic heterocycles. The first-order chi connectivity index (χ1) is 11.8. The van der Waals surface area contributed by atoms with Crippen LogP contribution >= 0.6 is 0 Å². The maximum absolute atomic E-state index is 12.3. The fourth-order valence-electron chi connectivity index (χ4n) is 2.68. The second kappa shape index (κ2) is 6.19. The van der Waals surface area contributed by atoms with Crippen LogP contribution in [0.25, 0.3) is 0 Å². The molecule has 122 valence electrons. The van der Waals surface area contributed by atoms with Crippen molar-refractivity contribution in [2.75, 3.05) is 6.54 Å². The third kappa shape index (κ3) is 2.88. The van der Waals surface area contributed by atoms with Gasteiger partial charge in [0, 0.05) is 25.4 Å². The van der Waals surface area contributed by atoms with Gasteiger partial charge in [0.05, 0.1) is 12.2 Å². The van der Waals surface area contributed by atoms with Gasteiger partial charge in [0.15, 0.2) is 12.4 Å². The van der Waals surface area contributed by atoms with Crippen LogP contribution in [0, 0.1) is 0 Å². The maximum atomic E-state index is 12.3. The average Bonchev–Trinajstić information content (AvgIpc) is 3.29. The van der Waals surface area contributed by atoms with Gasteiger partial charge in [-0.25, -0.2) is 9.97 Å². The molecule has 0 fully saturated rings. The molecule has 1 aromatic carbocycles. The van der Waals surface area contributed by atoms with Gasteiger partial charge >= 0.3 is 0 Å². The Balaban J connectivity index is 1.43. The highest BCUT2D eigenvalue weighted by atomic mass is 16.5. The predicted molar refractivity (Wildman–Crippen MR) is 84.3 cm³/mol. The number of carbonyl (C=O) groups is 1. The van der Waals surface area contributed by atoms with Crippen molar-refractivity contribution in [1.82, 2.24) is 19.9 Å². The second-order valence-corrected chi connectivity index (χ2v) is 5.49. The highest BCUT2D eigenvalue weighted by Crippen LogP contribution is 2.22. The molecule has 0 aliphatic carbocycles. The van der Waals surface area contributed by atoms with Crippen LogP contribution < -0.4 is 4.74 Å². The van der Waals surface area contributed by atoms with Crippen molar-refractivity contribution < 1.29 is 13.9 Å². The van der Waals surface area contributed by atoms with E-state index >= 15 is 0 Å². The van der Waals surface area contributed by atoms with Crippen LogP contribution in [-0.2, 0) is 19.6 Å². The topological polar surface area (TPSA) is 84.2 Å². The van der Waals surface area contributed by atoms with Gasteiger partial charge < -0.3 is 19.0 Å². The van der Waals surface area contributed by atoms with Gasteiger partial charge in [-0.15, -0.1) is 0 Å². The van der Waals surface area contributed by atoms with Gasteiger partial charge in [-0.1, -0.05) is 18.2 Å². The Labute approximate surface area is 138 Å². The van der Waals surface area contributed by atoms with E-state index in [1.807, 2.05) is 30.3 Å². The molecule has 7 nitrogen and oxygen atoms in total. The lowest BCUT2D eigenvalue weighted by Gasteiger charge is -2.24. The van der Waals surface area contributed by atoms with Gasteiger partial charge in [-0.05, 0) is 12.1 Å². The van der Waals surface area contributed by atoms with Crippen molar-refractivity contribution in [3.05, 3.63) is 65.9 Å². The largest absolute Gasteiger partial charge is 0.484 e. The number of rotatable bonds is 4. The smallest absolute Gasteiger partial charge is 0.290 e. The summed E-state index contributed by atoms with van der Waals surface area (Å²) in [7, 11) is 0. The third-order valence-corrected chi connectivity index (χ3v) is 3.87. The summed E-state index contributed by atoms with van der Waals surface area (Å²) in [5.41, 5.74) is 0.894. The van der Waals surface area contributed by atoms with Crippen LogP contribution in [-0.4, -0.2) is 32.3 Å². The van der Waals surface area contributed by atoms with Crippen molar-refractivity contribution in [3.63, 3.8) is 0 Å². The number of carbonyl (C=O) groups excluding carboxylic acids is 1. The van der Waals surface area contributed by atoms with Crippen molar-refractivity contribution in [1.29, 1.82) is 0 Å². The first-order valence-electron chi connectivity index (χ1n) is 7.73. The summed E-state index contributed by atoms with van der Waals surface area (Å²) in [5.74, 6) is 2.21. The van der Waals surface area contributed by atoms with Crippen molar-refractivity contribution >= 4 is 5.91 Å². The quantitative estimate of drug-likeness (QED) is 0.795. The summed E-state index contributed by atoms with van der Waals surface area (Å²) in [6.45, 7) is 1.26. The van der Waals surface area contributed by atoms with Gasteiger partial charge in [-0.3, -0.25) is 4.79 Å². The van der Waals surface area contributed by atoms with E-state index < -0.39 is 0 Å². The first-order valence-corrected chi connectivity index (χ1v) is 7.73. The lowest BCUT2D eigenvalue weighted by molar-refractivity contribution is 0.0707. The summed E-state index contributed by atoms with van der Waals surface area (Å²) in [5, 5.41) is 0. The molecular formula is C17H16N4O3. The van der Waals surface area contributed by atoms with E-state index in [0.29, 0.717) is 37.0 Å². The lowest BCUT2D eigenvalue weighted by Crippen LogP contribution is -2.36. The summed E-state index contributed by atoms with van der Waals surface area (Å²) in [4.78, 5) is 25.3. The minimum Gasteiger partial charge on any atom is -0.484 e. The Bertz CT molecular complexity index is 827. The molecule has 1 aliphatic heterocycles.